The summed E-state index contributed by atoms with van der Waals surface area (Å²) >= 11 is 0. The van der Waals surface area contributed by atoms with Gasteiger partial charge in [-0.1, -0.05) is 12.1 Å². The van der Waals surface area contributed by atoms with Crippen LogP contribution in [-0.4, -0.2) is 57.7 Å². The Morgan fingerprint density at radius 2 is 2.00 bits per heavy atom. The van der Waals surface area contributed by atoms with Crippen LogP contribution in [0.25, 0.3) is 0 Å². The Bertz CT molecular complexity index is 800. The highest BCUT2D eigenvalue weighted by molar-refractivity contribution is 7.88. The molecule has 0 atom stereocenters. The molecule has 2 aliphatic rings. The summed E-state index contributed by atoms with van der Waals surface area (Å²) in [6.07, 6.45) is 5.04. The maximum absolute atomic E-state index is 13.6. The van der Waals surface area contributed by atoms with Gasteiger partial charge in [0.05, 0.1) is 12.8 Å². The molecule has 1 aromatic rings. The molecule has 28 heavy (non-hydrogen) atoms. The van der Waals surface area contributed by atoms with Crippen LogP contribution < -0.4 is 10.6 Å². The number of hydrogen-bond acceptors (Lipinski definition) is 3. The SMILES string of the molecule is CCNC(=NCC1(c2cccc(F)c2)CC1)NCC1CCN(S(C)(=O)=O)CC1. The van der Waals surface area contributed by atoms with Crippen molar-refractivity contribution in [3.05, 3.63) is 35.6 Å². The number of halogens is 1. The monoisotopic (exact) mass is 410 g/mol. The highest BCUT2D eigenvalue weighted by atomic mass is 32.2. The van der Waals surface area contributed by atoms with E-state index in [1.165, 1.54) is 12.3 Å². The minimum atomic E-state index is -3.09. The Labute approximate surface area is 167 Å². The first-order valence-electron chi connectivity index (χ1n) is 10.1. The highest BCUT2D eigenvalue weighted by Crippen LogP contribution is 2.48. The predicted molar refractivity (Wildman–Crippen MR) is 110 cm³/mol. The molecule has 1 saturated carbocycles. The molecule has 1 aliphatic heterocycles. The highest BCUT2D eigenvalue weighted by Gasteiger charge is 2.44. The van der Waals surface area contributed by atoms with Gasteiger partial charge in [-0.25, -0.2) is 17.1 Å². The van der Waals surface area contributed by atoms with E-state index in [-0.39, 0.29) is 11.2 Å². The fourth-order valence-corrected chi connectivity index (χ4v) is 4.64. The van der Waals surface area contributed by atoms with Gasteiger partial charge in [0.25, 0.3) is 0 Å². The van der Waals surface area contributed by atoms with Crippen molar-refractivity contribution in [2.45, 2.75) is 38.0 Å². The fraction of sp³-hybridized carbons (Fsp3) is 0.650. The first-order valence-corrected chi connectivity index (χ1v) is 11.9. The molecular weight excluding hydrogens is 379 g/mol. The second-order valence-electron chi connectivity index (χ2n) is 7.97. The van der Waals surface area contributed by atoms with Gasteiger partial charge in [0.1, 0.15) is 5.82 Å². The van der Waals surface area contributed by atoms with Crippen LogP contribution in [0.4, 0.5) is 4.39 Å². The molecule has 2 N–H and O–H groups in total. The Balaban J connectivity index is 1.54. The van der Waals surface area contributed by atoms with Gasteiger partial charge in [-0.15, -0.1) is 0 Å². The third kappa shape index (κ3) is 5.44. The molecular formula is C20H31FN4O2S. The van der Waals surface area contributed by atoms with E-state index >= 15 is 0 Å². The van der Waals surface area contributed by atoms with E-state index in [1.54, 1.807) is 16.4 Å². The van der Waals surface area contributed by atoms with Crippen LogP contribution >= 0.6 is 0 Å². The third-order valence-corrected chi connectivity index (χ3v) is 7.08. The summed E-state index contributed by atoms with van der Waals surface area (Å²) in [7, 11) is -3.09. The average Bonchev–Trinajstić information content (AvgIpc) is 3.45. The van der Waals surface area contributed by atoms with E-state index in [1.807, 2.05) is 13.0 Å². The van der Waals surface area contributed by atoms with Crippen molar-refractivity contribution >= 4 is 16.0 Å². The molecule has 3 rings (SSSR count). The molecule has 1 saturated heterocycles. The number of guanidine groups is 1. The predicted octanol–water partition coefficient (Wildman–Crippen LogP) is 2.08. The van der Waals surface area contributed by atoms with Crippen LogP contribution in [0.3, 0.4) is 0 Å². The summed E-state index contributed by atoms with van der Waals surface area (Å²) < 4.78 is 38.4. The Morgan fingerprint density at radius 3 is 2.57 bits per heavy atom. The lowest BCUT2D eigenvalue weighted by Crippen LogP contribution is -2.44. The summed E-state index contributed by atoms with van der Waals surface area (Å²) in [6, 6.07) is 6.85. The van der Waals surface area contributed by atoms with Gasteiger partial charge in [-0.2, -0.15) is 0 Å². The summed E-state index contributed by atoms with van der Waals surface area (Å²) in [5, 5.41) is 6.68. The number of nitrogens with one attached hydrogen (secondary N) is 2. The van der Waals surface area contributed by atoms with E-state index in [0.717, 1.165) is 50.3 Å². The van der Waals surface area contributed by atoms with Crippen molar-refractivity contribution in [1.82, 2.24) is 14.9 Å². The Kier molecular flexibility index (Phi) is 6.60. The minimum Gasteiger partial charge on any atom is -0.357 e. The van der Waals surface area contributed by atoms with Gasteiger partial charge < -0.3 is 10.6 Å². The maximum Gasteiger partial charge on any atom is 0.211 e. The quantitative estimate of drug-likeness (QED) is 0.533. The molecule has 0 amide bonds. The number of piperidine rings is 1. The fourth-order valence-electron chi connectivity index (χ4n) is 3.77. The van der Waals surface area contributed by atoms with Crippen LogP contribution in [0, 0.1) is 11.7 Å². The smallest absolute Gasteiger partial charge is 0.211 e. The maximum atomic E-state index is 13.6. The number of benzene rings is 1. The zero-order valence-corrected chi connectivity index (χ0v) is 17.6. The van der Waals surface area contributed by atoms with Crippen LogP contribution in [0.2, 0.25) is 0 Å². The van der Waals surface area contributed by atoms with E-state index in [9.17, 15) is 12.8 Å². The van der Waals surface area contributed by atoms with Crippen molar-refractivity contribution in [2.75, 3.05) is 39.0 Å². The van der Waals surface area contributed by atoms with Gasteiger partial charge in [-0.3, -0.25) is 4.99 Å². The lowest BCUT2D eigenvalue weighted by Gasteiger charge is -2.30. The van der Waals surface area contributed by atoms with Crippen LogP contribution in [0.5, 0.6) is 0 Å². The normalized spacial score (nSPS) is 20.8. The zero-order chi connectivity index (χ0) is 20.2. The number of aliphatic imine (C=N–C) groups is 1. The van der Waals surface area contributed by atoms with Gasteiger partial charge >= 0.3 is 0 Å². The molecule has 156 valence electrons. The molecule has 1 aliphatic carbocycles. The lowest BCUT2D eigenvalue weighted by molar-refractivity contribution is 0.275. The molecule has 0 spiro atoms. The van der Waals surface area contributed by atoms with Crippen LogP contribution in [0.15, 0.2) is 29.3 Å². The first kappa shape index (κ1) is 21.0. The summed E-state index contributed by atoms with van der Waals surface area (Å²) in [4.78, 5) is 4.76. The summed E-state index contributed by atoms with van der Waals surface area (Å²) in [6.45, 7) is 5.38. The number of hydrogen-bond donors (Lipinski definition) is 2. The molecule has 0 aromatic heterocycles. The molecule has 0 bridgehead atoms. The van der Waals surface area contributed by atoms with Crippen molar-refractivity contribution in [1.29, 1.82) is 0 Å². The molecule has 0 unspecified atom stereocenters. The zero-order valence-electron chi connectivity index (χ0n) is 16.7. The molecule has 6 nitrogen and oxygen atoms in total. The van der Waals surface area contributed by atoms with Crippen LogP contribution in [0.1, 0.15) is 38.2 Å². The third-order valence-electron chi connectivity index (χ3n) is 5.78. The Morgan fingerprint density at radius 1 is 1.29 bits per heavy atom. The lowest BCUT2D eigenvalue weighted by atomic mass is 9.96. The topological polar surface area (TPSA) is 73.8 Å². The minimum absolute atomic E-state index is 0.0364. The molecule has 0 radical (unpaired) electrons. The summed E-state index contributed by atoms with van der Waals surface area (Å²) in [5.74, 6) is 1.01. The van der Waals surface area contributed by atoms with Gasteiger partial charge in [0.15, 0.2) is 5.96 Å². The van der Waals surface area contributed by atoms with Gasteiger partial charge in [0.2, 0.25) is 10.0 Å². The number of sulfonamides is 1. The Hall–Kier alpha value is -1.67. The number of nitrogens with zero attached hydrogens (tertiary/aromatic N) is 2. The molecule has 2 fully saturated rings. The van der Waals surface area contributed by atoms with E-state index in [0.29, 0.717) is 25.6 Å². The second kappa shape index (κ2) is 8.78. The van der Waals surface area contributed by atoms with Crippen LogP contribution in [-0.2, 0) is 15.4 Å². The van der Waals surface area contributed by atoms with E-state index < -0.39 is 10.0 Å². The molecule has 1 aromatic carbocycles. The summed E-state index contributed by atoms with van der Waals surface area (Å²) in [5.41, 5.74) is 0.992. The van der Waals surface area contributed by atoms with Gasteiger partial charge in [0, 0.05) is 31.6 Å². The van der Waals surface area contributed by atoms with Crippen molar-refractivity contribution < 1.29 is 12.8 Å². The van der Waals surface area contributed by atoms with E-state index in [4.69, 9.17) is 4.99 Å². The second-order valence-corrected chi connectivity index (χ2v) is 9.95. The first-order chi connectivity index (χ1) is 13.3. The van der Waals surface area contributed by atoms with Gasteiger partial charge in [-0.05, 0) is 56.2 Å². The largest absolute Gasteiger partial charge is 0.357 e. The number of rotatable bonds is 7. The van der Waals surface area contributed by atoms with Crippen molar-refractivity contribution in [2.24, 2.45) is 10.9 Å². The molecule has 1 heterocycles. The molecule has 8 heteroatoms. The van der Waals surface area contributed by atoms with Crippen molar-refractivity contribution in [3.63, 3.8) is 0 Å². The van der Waals surface area contributed by atoms with Crippen molar-refractivity contribution in [3.8, 4) is 0 Å². The standard InChI is InChI=1S/C20H31FN4O2S/c1-3-22-19(23-14-16-7-11-25(12-8-16)28(2,26)27)24-15-20(9-10-20)17-5-4-6-18(21)13-17/h4-6,13,16H,3,7-12,14-15H2,1-2H3,(H2,22,23,24). The average molecular weight is 411 g/mol. The van der Waals surface area contributed by atoms with E-state index in [2.05, 4.69) is 10.6 Å².